The fourth-order valence-electron chi connectivity index (χ4n) is 4.28. The van der Waals surface area contributed by atoms with E-state index in [9.17, 15) is 8.78 Å². The first-order chi connectivity index (χ1) is 18.0. The fourth-order valence-corrected chi connectivity index (χ4v) is 4.28. The number of azo groups is 1. The summed E-state index contributed by atoms with van der Waals surface area (Å²) in [6.07, 6.45) is 6.15. The number of pyridine rings is 1. The van der Waals surface area contributed by atoms with Gasteiger partial charge >= 0.3 is 0 Å². The Labute approximate surface area is 214 Å². The zero-order valence-electron chi connectivity index (χ0n) is 20.6. The summed E-state index contributed by atoms with van der Waals surface area (Å²) < 4.78 is 41.3. The first kappa shape index (κ1) is 26.1. The molecule has 8 heteroatoms. The maximum atomic E-state index is 15.1. The predicted octanol–water partition coefficient (Wildman–Crippen LogP) is 7.74. The lowest BCUT2D eigenvalue weighted by atomic mass is 9.93. The van der Waals surface area contributed by atoms with E-state index >= 15 is 4.39 Å². The molecular weight excluding hydrogens is 475 g/mol. The molecule has 0 aliphatic carbocycles. The van der Waals surface area contributed by atoms with Gasteiger partial charge in [0.1, 0.15) is 17.8 Å². The third-order valence-corrected chi connectivity index (χ3v) is 6.04. The largest absolute Gasteiger partial charge is 0.280 e. The minimum Gasteiger partial charge on any atom is -0.255 e. The van der Waals surface area contributed by atoms with Gasteiger partial charge in [-0.15, -0.1) is 0 Å². The summed E-state index contributed by atoms with van der Waals surface area (Å²) in [4.78, 5) is 11.9. The van der Waals surface area contributed by atoms with Gasteiger partial charge in [-0.25, -0.2) is 23.1 Å². The van der Waals surface area contributed by atoms with Gasteiger partial charge in [0, 0.05) is 29.7 Å². The van der Waals surface area contributed by atoms with Gasteiger partial charge < -0.3 is 0 Å². The number of aromatic nitrogens is 3. The topological polar surface area (TPSA) is 63.4 Å². The maximum absolute atomic E-state index is 15.1. The van der Waals surface area contributed by atoms with E-state index in [1.54, 1.807) is 24.5 Å². The summed E-state index contributed by atoms with van der Waals surface area (Å²) in [7, 11) is 0. The number of rotatable bonds is 11. The van der Waals surface area contributed by atoms with Gasteiger partial charge in [-0.05, 0) is 59.7 Å². The van der Waals surface area contributed by atoms with E-state index in [0.717, 1.165) is 23.1 Å². The number of benzene rings is 2. The van der Waals surface area contributed by atoms with Crippen LogP contribution in [-0.2, 0) is 12.8 Å². The molecule has 190 valence electrons. The van der Waals surface area contributed by atoms with Crippen LogP contribution in [0.5, 0.6) is 0 Å². The summed E-state index contributed by atoms with van der Waals surface area (Å²) in [6, 6.07) is 15.5. The highest BCUT2D eigenvalue weighted by Gasteiger charge is 2.19. The van der Waals surface area contributed by atoms with Gasteiger partial charge in [0.05, 0.1) is 12.6 Å². The molecule has 5 nitrogen and oxygen atoms in total. The van der Waals surface area contributed by atoms with Crippen molar-refractivity contribution in [1.29, 1.82) is 0 Å². The summed E-state index contributed by atoms with van der Waals surface area (Å²) in [5.74, 6) is -0.365. The maximum Gasteiger partial charge on any atom is 0.280 e. The Morgan fingerprint density at radius 1 is 0.919 bits per heavy atom. The second-order valence-electron chi connectivity index (χ2n) is 8.74. The Balaban J connectivity index is 1.49. The van der Waals surface area contributed by atoms with Crippen LogP contribution in [0.2, 0.25) is 0 Å². The molecule has 1 unspecified atom stereocenters. The highest BCUT2D eigenvalue weighted by Crippen LogP contribution is 2.31. The smallest absolute Gasteiger partial charge is 0.255 e. The van der Waals surface area contributed by atoms with Crippen LogP contribution in [0.15, 0.2) is 89.7 Å². The van der Waals surface area contributed by atoms with Gasteiger partial charge in [-0.3, -0.25) is 4.98 Å². The molecular formula is C29H28F3N5. The van der Waals surface area contributed by atoms with E-state index in [2.05, 4.69) is 31.2 Å². The average Bonchev–Trinajstić information content (AvgIpc) is 2.92. The highest BCUT2D eigenvalue weighted by atomic mass is 19.3. The minimum absolute atomic E-state index is 0.288. The molecule has 0 aliphatic rings. The van der Waals surface area contributed by atoms with Crippen LogP contribution in [0.3, 0.4) is 0 Å². The quantitative estimate of drug-likeness (QED) is 0.197. The van der Waals surface area contributed by atoms with Crippen molar-refractivity contribution in [2.45, 2.75) is 45.1 Å². The van der Waals surface area contributed by atoms with Crippen LogP contribution in [0.25, 0.3) is 11.1 Å². The third kappa shape index (κ3) is 7.06. The normalized spacial score (nSPS) is 12.4. The van der Waals surface area contributed by atoms with Gasteiger partial charge in [-0.2, -0.15) is 10.2 Å². The van der Waals surface area contributed by atoms with Gasteiger partial charge in [0.15, 0.2) is 0 Å². The molecule has 0 N–H and O–H groups in total. The number of hydrogen-bond donors (Lipinski definition) is 0. The molecule has 0 saturated heterocycles. The molecule has 2 heterocycles. The Hall–Kier alpha value is -3.94. The Morgan fingerprint density at radius 3 is 2.51 bits per heavy atom. The van der Waals surface area contributed by atoms with Gasteiger partial charge in [-0.1, -0.05) is 49.7 Å². The second kappa shape index (κ2) is 12.9. The Bertz CT molecular complexity index is 1330. The molecule has 0 aliphatic heterocycles. The van der Waals surface area contributed by atoms with Crippen LogP contribution in [0.1, 0.15) is 60.2 Å². The Kier molecular flexibility index (Phi) is 9.08. The van der Waals surface area contributed by atoms with Gasteiger partial charge in [0.2, 0.25) is 0 Å². The lowest BCUT2D eigenvalue weighted by molar-refractivity contribution is 0.146. The first-order valence-corrected chi connectivity index (χ1v) is 12.3. The lowest BCUT2D eigenvalue weighted by Gasteiger charge is -2.17. The van der Waals surface area contributed by atoms with Crippen LogP contribution in [-0.4, -0.2) is 21.5 Å². The lowest BCUT2D eigenvalue weighted by Crippen LogP contribution is -2.06. The Morgan fingerprint density at radius 2 is 1.73 bits per heavy atom. The molecule has 37 heavy (non-hydrogen) atoms. The molecule has 0 spiro atoms. The van der Waals surface area contributed by atoms with Crippen molar-refractivity contribution in [2.75, 3.05) is 6.54 Å². The van der Waals surface area contributed by atoms with Crippen LogP contribution in [0.4, 0.5) is 13.2 Å². The van der Waals surface area contributed by atoms with Crippen LogP contribution >= 0.6 is 0 Å². The summed E-state index contributed by atoms with van der Waals surface area (Å²) in [6.45, 7) is 2.47. The van der Waals surface area contributed by atoms with Crippen molar-refractivity contribution in [3.8, 4) is 11.1 Å². The molecule has 0 saturated carbocycles. The highest BCUT2D eigenvalue weighted by molar-refractivity contribution is 5.62. The summed E-state index contributed by atoms with van der Waals surface area (Å²) in [5, 5.41) is 8.94. The van der Waals surface area contributed by atoms with Crippen molar-refractivity contribution in [3.05, 3.63) is 113 Å². The number of hydrogen-bond acceptors (Lipinski definition) is 5. The minimum atomic E-state index is -2.66. The molecule has 2 aromatic carbocycles. The molecule has 2 aromatic heterocycles. The third-order valence-electron chi connectivity index (χ3n) is 6.04. The van der Waals surface area contributed by atoms with Crippen molar-refractivity contribution in [3.63, 3.8) is 0 Å². The number of halogens is 3. The first-order valence-electron chi connectivity index (χ1n) is 12.3. The molecule has 1 atom stereocenters. The number of alkyl halides is 2. The second-order valence-corrected chi connectivity index (χ2v) is 8.74. The number of nitrogens with zero attached hydrogens (tertiary/aromatic N) is 5. The van der Waals surface area contributed by atoms with E-state index in [1.165, 1.54) is 24.7 Å². The zero-order valence-corrected chi connectivity index (χ0v) is 20.6. The predicted molar refractivity (Wildman–Crippen MR) is 137 cm³/mol. The zero-order chi connectivity index (χ0) is 26.0. The van der Waals surface area contributed by atoms with E-state index in [4.69, 9.17) is 0 Å². The SMILES string of the molecule is CCCC(N=NCCc1cccc(-c2cncnc2)c1)c1c(F)cccc1Cc1ccnc(C(F)F)c1. The molecule has 0 amide bonds. The van der Waals surface area contributed by atoms with Gasteiger partial charge in [0.25, 0.3) is 6.43 Å². The van der Waals surface area contributed by atoms with Crippen LogP contribution < -0.4 is 0 Å². The average molecular weight is 504 g/mol. The van der Waals surface area contributed by atoms with E-state index < -0.39 is 12.5 Å². The molecule has 4 aromatic rings. The van der Waals surface area contributed by atoms with Crippen molar-refractivity contribution >= 4 is 0 Å². The van der Waals surface area contributed by atoms with Crippen molar-refractivity contribution in [1.82, 2.24) is 15.0 Å². The van der Waals surface area contributed by atoms with Crippen molar-refractivity contribution < 1.29 is 13.2 Å². The van der Waals surface area contributed by atoms with Crippen molar-refractivity contribution in [2.24, 2.45) is 10.2 Å². The molecule has 0 bridgehead atoms. The molecule has 4 rings (SSSR count). The molecule has 0 radical (unpaired) electrons. The van der Waals surface area contributed by atoms with E-state index in [0.29, 0.717) is 42.5 Å². The van der Waals surface area contributed by atoms with E-state index in [-0.39, 0.29) is 11.5 Å². The van der Waals surface area contributed by atoms with E-state index in [1.807, 2.05) is 31.2 Å². The summed E-state index contributed by atoms with van der Waals surface area (Å²) >= 11 is 0. The monoisotopic (exact) mass is 503 g/mol. The van der Waals surface area contributed by atoms with Crippen LogP contribution in [0, 0.1) is 5.82 Å². The standard InChI is InChI=1S/C29H28F3N5/c1-2-5-26(37-36-13-11-20-6-3-7-22(14-20)24-17-33-19-34-18-24)28-23(8-4-9-25(28)30)15-21-10-12-35-27(16-21)29(31)32/h3-4,6-10,12,14,16-19,26,29H,2,5,11,13,15H2,1H3. The molecule has 0 fully saturated rings. The summed E-state index contributed by atoms with van der Waals surface area (Å²) in [5.41, 5.74) is 4.61. The fraction of sp³-hybridized carbons (Fsp3) is 0.276.